The van der Waals surface area contributed by atoms with Crippen LogP contribution in [0.4, 0.5) is 0 Å². The minimum atomic E-state index is 0.119. The summed E-state index contributed by atoms with van der Waals surface area (Å²) in [6.45, 7) is 3.00. The zero-order valence-electron chi connectivity index (χ0n) is 11.8. The van der Waals surface area contributed by atoms with Crippen LogP contribution in [0.2, 0.25) is 0 Å². The van der Waals surface area contributed by atoms with Crippen molar-refractivity contribution in [2.24, 2.45) is 11.7 Å². The summed E-state index contributed by atoms with van der Waals surface area (Å²) in [7, 11) is 0. The van der Waals surface area contributed by atoms with Crippen molar-refractivity contribution >= 4 is 5.91 Å². The summed E-state index contributed by atoms with van der Waals surface area (Å²) in [6.07, 6.45) is 2.54. The number of nitrogens with one attached hydrogen (secondary N) is 1. The summed E-state index contributed by atoms with van der Waals surface area (Å²) in [5.74, 6) is 1.21. The molecule has 2 atom stereocenters. The van der Waals surface area contributed by atoms with E-state index < -0.39 is 0 Å². The number of carbonyl (C=O) groups excluding carboxylic acids is 1. The molecule has 4 heteroatoms. The number of benzene rings is 1. The molecular formula is C16H23N3O. The second-order valence-electron chi connectivity index (χ2n) is 6.12. The first-order valence-electron chi connectivity index (χ1n) is 7.52. The Morgan fingerprint density at radius 1 is 1.25 bits per heavy atom. The van der Waals surface area contributed by atoms with Crippen molar-refractivity contribution < 1.29 is 4.79 Å². The van der Waals surface area contributed by atoms with Gasteiger partial charge in [0.2, 0.25) is 5.91 Å². The number of carbonyl (C=O) groups is 1. The summed E-state index contributed by atoms with van der Waals surface area (Å²) >= 11 is 0. The highest BCUT2D eigenvalue weighted by Gasteiger charge is 2.32. The standard InChI is InChI=1S/C16H23N3O/c17-15-10-19(11-16(20)18-8-12-6-7-12)9-14(15)13-4-2-1-3-5-13/h1-5,12,14-15H,6-11,17H2,(H,18,20)/t14-,15+/m0/s1. The number of nitrogens with two attached hydrogens (primary N) is 1. The highest BCUT2D eigenvalue weighted by molar-refractivity contribution is 5.78. The van der Waals surface area contributed by atoms with Crippen molar-refractivity contribution in [1.29, 1.82) is 0 Å². The Morgan fingerprint density at radius 2 is 2.00 bits per heavy atom. The molecule has 1 aliphatic heterocycles. The Kier molecular flexibility index (Phi) is 4.03. The molecule has 2 aliphatic rings. The maximum absolute atomic E-state index is 11.9. The lowest BCUT2D eigenvalue weighted by Crippen LogP contribution is -2.38. The van der Waals surface area contributed by atoms with E-state index in [0.29, 0.717) is 12.5 Å². The SMILES string of the molecule is N[C@@H]1CN(CC(=O)NCC2CC2)C[C@H]1c1ccccc1. The second kappa shape index (κ2) is 5.94. The number of hydrogen-bond donors (Lipinski definition) is 2. The van der Waals surface area contributed by atoms with E-state index in [0.717, 1.165) is 25.6 Å². The molecule has 0 bridgehead atoms. The zero-order valence-corrected chi connectivity index (χ0v) is 11.8. The van der Waals surface area contributed by atoms with Crippen molar-refractivity contribution in [2.45, 2.75) is 24.8 Å². The Bertz CT molecular complexity index is 458. The van der Waals surface area contributed by atoms with Crippen LogP contribution in [0, 0.1) is 5.92 Å². The molecule has 1 saturated heterocycles. The molecule has 1 aromatic rings. The van der Waals surface area contributed by atoms with Crippen LogP contribution < -0.4 is 11.1 Å². The van der Waals surface area contributed by atoms with Crippen LogP contribution in [0.3, 0.4) is 0 Å². The van der Waals surface area contributed by atoms with Crippen LogP contribution >= 0.6 is 0 Å². The van der Waals surface area contributed by atoms with Gasteiger partial charge in [0.1, 0.15) is 0 Å². The molecule has 108 valence electrons. The summed E-state index contributed by atoms with van der Waals surface area (Å²) in [5.41, 5.74) is 7.51. The average Bonchev–Trinajstić information content (AvgIpc) is 3.21. The predicted molar refractivity (Wildman–Crippen MR) is 79.3 cm³/mol. The zero-order chi connectivity index (χ0) is 13.9. The molecule has 1 aliphatic carbocycles. The maximum Gasteiger partial charge on any atom is 0.234 e. The normalized spacial score (nSPS) is 26.6. The third-order valence-corrected chi connectivity index (χ3v) is 4.32. The molecule has 1 heterocycles. The third-order valence-electron chi connectivity index (χ3n) is 4.32. The molecular weight excluding hydrogens is 250 g/mol. The lowest BCUT2D eigenvalue weighted by atomic mass is 9.95. The molecule has 4 nitrogen and oxygen atoms in total. The predicted octanol–water partition coefficient (Wildman–Crippen LogP) is 0.939. The number of amides is 1. The van der Waals surface area contributed by atoms with Crippen molar-refractivity contribution in [2.75, 3.05) is 26.2 Å². The van der Waals surface area contributed by atoms with E-state index in [1.54, 1.807) is 0 Å². The van der Waals surface area contributed by atoms with Crippen molar-refractivity contribution in [3.05, 3.63) is 35.9 Å². The number of hydrogen-bond acceptors (Lipinski definition) is 3. The highest BCUT2D eigenvalue weighted by Crippen LogP contribution is 2.28. The summed E-state index contributed by atoms with van der Waals surface area (Å²) < 4.78 is 0. The molecule has 2 fully saturated rings. The third kappa shape index (κ3) is 3.38. The minimum Gasteiger partial charge on any atom is -0.355 e. The van der Waals surface area contributed by atoms with Crippen LogP contribution in [-0.2, 0) is 4.79 Å². The van der Waals surface area contributed by atoms with Gasteiger partial charge in [-0.2, -0.15) is 0 Å². The van der Waals surface area contributed by atoms with E-state index in [-0.39, 0.29) is 11.9 Å². The van der Waals surface area contributed by atoms with Crippen molar-refractivity contribution in [1.82, 2.24) is 10.2 Å². The van der Waals surface area contributed by atoms with Crippen LogP contribution in [0.1, 0.15) is 24.3 Å². The Morgan fingerprint density at radius 3 is 2.70 bits per heavy atom. The van der Waals surface area contributed by atoms with Gasteiger partial charge in [-0.15, -0.1) is 0 Å². The monoisotopic (exact) mass is 273 g/mol. The minimum absolute atomic E-state index is 0.119. The van der Waals surface area contributed by atoms with E-state index in [2.05, 4.69) is 22.3 Å². The largest absolute Gasteiger partial charge is 0.355 e. The summed E-state index contributed by atoms with van der Waals surface area (Å²) in [6, 6.07) is 10.5. The Hall–Kier alpha value is -1.39. The smallest absolute Gasteiger partial charge is 0.234 e. The first-order chi connectivity index (χ1) is 9.72. The number of rotatable bonds is 5. The lowest BCUT2D eigenvalue weighted by molar-refractivity contribution is -0.122. The molecule has 0 radical (unpaired) electrons. The first-order valence-corrected chi connectivity index (χ1v) is 7.52. The van der Waals surface area contributed by atoms with Gasteiger partial charge >= 0.3 is 0 Å². The van der Waals surface area contributed by atoms with Gasteiger partial charge in [0, 0.05) is 31.6 Å². The van der Waals surface area contributed by atoms with Gasteiger partial charge in [-0.05, 0) is 24.3 Å². The summed E-state index contributed by atoms with van der Waals surface area (Å²) in [4.78, 5) is 14.1. The molecule has 1 amide bonds. The second-order valence-corrected chi connectivity index (χ2v) is 6.12. The fourth-order valence-corrected chi connectivity index (χ4v) is 2.93. The van der Waals surface area contributed by atoms with Gasteiger partial charge in [-0.1, -0.05) is 30.3 Å². The molecule has 0 unspecified atom stereocenters. The van der Waals surface area contributed by atoms with Crippen LogP contribution in [0.5, 0.6) is 0 Å². The number of likely N-dealkylation sites (tertiary alicyclic amines) is 1. The summed E-state index contributed by atoms with van der Waals surface area (Å²) in [5, 5.41) is 3.02. The van der Waals surface area contributed by atoms with E-state index in [1.807, 2.05) is 18.2 Å². The van der Waals surface area contributed by atoms with Gasteiger partial charge in [0.05, 0.1) is 6.54 Å². The van der Waals surface area contributed by atoms with Gasteiger partial charge in [0.25, 0.3) is 0 Å². The molecule has 0 spiro atoms. The van der Waals surface area contributed by atoms with Crippen molar-refractivity contribution in [3.8, 4) is 0 Å². The van der Waals surface area contributed by atoms with E-state index in [1.165, 1.54) is 18.4 Å². The van der Waals surface area contributed by atoms with E-state index >= 15 is 0 Å². The quantitative estimate of drug-likeness (QED) is 0.839. The molecule has 20 heavy (non-hydrogen) atoms. The van der Waals surface area contributed by atoms with Crippen LogP contribution in [0.15, 0.2) is 30.3 Å². The van der Waals surface area contributed by atoms with Crippen LogP contribution in [-0.4, -0.2) is 43.0 Å². The molecule has 1 aromatic carbocycles. The van der Waals surface area contributed by atoms with Crippen LogP contribution in [0.25, 0.3) is 0 Å². The average molecular weight is 273 g/mol. The Labute approximate surface area is 120 Å². The molecule has 3 N–H and O–H groups in total. The fraction of sp³-hybridized carbons (Fsp3) is 0.562. The van der Waals surface area contributed by atoms with E-state index in [4.69, 9.17) is 5.73 Å². The van der Waals surface area contributed by atoms with Gasteiger partial charge in [-0.25, -0.2) is 0 Å². The highest BCUT2D eigenvalue weighted by atomic mass is 16.2. The van der Waals surface area contributed by atoms with Crippen molar-refractivity contribution in [3.63, 3.8) is 0 Å². The lowest BCUT2D eigenvalue weighted by Gasteiger charge is -2.15. The molecule has 0 aromatic heterocycles. The van der Waals surface area contributed by atoms with Gasteiger partial charge in [0.15, 0.2) is 0 Å². The maximum atomic E-state index is 11.9. The number of nitrogens with zero attached hydrogens (tertiary/aromatic N) is 1. The Balaban J connectivity index is 1.51. The van der Waals surface area contributed by atoms with E-state index in [9.17, 15) is 4.79 Å². The fourth-order valence-electron chi connectivity index (χ4n) is 2.93. The van der Waals surface area contributed by atoms with Gasteiger partial charge in [-0.3, -0.25) is 9.69 Å². The molecule has 3 rings (SSSR count). The van der Waals surface area contributed by atoms with Gasteiger partial charge < -0.3 is 11.1 Å². The molecule has 1 saturated carbocycles. The topological polar surface area (TPSA) is 58.4 Å². The first kappa shape index (κ1) is 13.6.